The van der Waals surface area contributed by atoms with Crippen molar-refractivity contribution in [3.8, 4) is 0 Å². The Kier molecular flexibility index (Phi) is 11.1. The summed E-state index contributed by atoms with van der Waals surface area (Å²) >= 11 is 0. The number of rotatable bonds is 11. The Balaban J connectivity index is 2.33. The monoisotopic (exact) mass is 551 g/mol. The molecule has 3 atom stereocenters. The zero-order valence-corrected chi connectivity index (χ0v) is 26.0. The van der Waals surface area contributed by atoms with Crippen LogP contribution in [-0.2, 0) is 19.8 Å². The first kappa shape index (κ1) is 33.0. The molecular weight excluding hydrogens is 502 g/mol. The third kappa shape index (κ3) is 7.94. The number of aliphatic carboxylic acids is 1. The van der Waals surface area contributed by atoms with Gasteiger partial charge in [0.05, 0.1) is 12.1 Å². The lowest BCUT2D eigenvalue weighted by atomic mass is 9.76. The van der Waals surface area contributed by atoms with E-state index in [9.17, 15) is 19.5 Å². The van der Waals surface area contributed by atoms with Crippen molar-refractivity contribution >= 4 is 23.4 Å². The Bertz CT molecular complexity index is 1150. The van der Waals surface area contributed by atoms with E-state index in [1.807, 2.05) is 48.5 Å². The molecule has 3 N–H and O–H groups in total. The van der Waals surface area contributed by atoms with Gasteiger partial charge in [-0.3, -0.25) is 9.59 Å². The lowest BCUT2D eigenvalue weighted by Crippen LogP contribution is -2.61. The molecule has 220 valence electrons. The van der Waals surface area contributed by atoms with Crippen LogP contribution in [0.25, 0.3) is 5.57 Å². The molecule has 1 aromatic carbocycles. The minimum atomic E-state index is -1.02. The summed E-state index contributed by atoms with van der Waals surface area (Å²) in [5.74, 6) is -1.58. The number of nitrogens with zero attached hydrogens (tertiary/aromatic N) is 1. The number of likely N-dealkylation sites (N-methyl/N-ethyl adjacent to an activating group) is 2. The van der Waals surface area contributed by atoms with Crippen molar-refractivity contribution in [2.75, 3.05) is 14.1 Å². The Morgan fingerprint density at radius 2 is 1.60 bits per heavy atom. The maximum Gasteiger partial charge on any atom is 0.331 e. The standard InChI is InChI=1S/C33H49N3O4/c1-21(2)26(20-22(3)31(39)40)36(10)30(38)28(32(4,5)6)35-29(37)27(34-9)33(7,8)25-18-16-24(17-19-25)23-14-12-11-13-15-23/h12,14-21,26-28,34H,11,13H2,1-10H3,(H,35,37)(H,39,40)/b22-20+/t26-,27-,28-/m1/s1. The number of carboxylic acid groups (broad SMARTS) is 1. The highest BCUT2D eigenvalue weighted by Gasteiger charge is 2.41. The molecule has 0 heterocycles. The first-order valence-corrected chi connectivity index (χ1v) is 14.2. The number of benzene rings is 1. The molecule has 0 fully saturated rings. The number of amides is 2. The SMILES string of the molecule is CN[C@H](C(=O)N[C@H](C(=O)N(C)[C@H](/C=C(\C)C(=O)O)C(C)C)C(C)(C)C)C(C)(C)c1ccc(C2=CCCC=C2)cc1. The van der Waals surface area contributed by atoms with Gasteiger partial charge < -0.3 is 20.6 Å². The first-order chi connectivity index (χ1) is 18.5. The van der Waals surface area contributed by atoms with Gasteiger partial charge in [-0.15, -0.1) is 0 Å². The Hall–Kier alpha value is -3.19. The second kappa shape index (κ2) is 13.4. The minimum Gasteiger partial charge on any atom is -0.478 e. The number of carboxylic acids is 1. The summed E-state index contributed by atoms with van der Waals surface area (Å²) in [5.41, 5.74) is 2.38. The van der Waals surface area contributed by atoms with E-state index in [-0.39, 0.29) is 23.3 Å². The molecule has 2 rings (SSSR count). The van der Waals surface area contributed by atoms with Crippen LogP contribution >= 0.6 is 0 Å². The number of hydrogen-bond donors (Lipinski definition) is 3. The van der Waals surface area contributed by atoms with Crippen LogP contribution < -0.4 is 10.6 Å². The van der Waals surface area contributed by atoms with Gasteiger partial charge in [0, 0.05) is 18.0 Å². The van der Waals surface area contributed by atoms with Gasteiger partial charge in [0.25, 0.3) is 0 Å². The quantitative estimate of drug-likeness (QED) is 0.323. The van der Waals surface area contributed by atoms with E-state index >= 15 is 0 Å². The van der Waals surface area contributed by atoms with Crippen molar-refractivity contribution < 1.29 is 19.5 Å². The highest BCUT2D eigenvalue weighted by molar-refractivity contribution is 5.91. The lowest BCUT2D eigenvalue weighted by molar-refractivity contribution is -0.141. The molecular formula is C33H49N3O4. The van der Waals surface area contributed by atoms with E-state index in [0.29, 0.717) is 0 Å². The third-order valence-corrected chi connectivity index (χ3v) is 7.87. The molecule has 7 heteroatoms. The fourth-order valence-corrected chi connectivity index (χ4v) is 5.21. The van der Waals surface area contributed by atoms with Gasteiger partial charge in [-0.1, -0.05) is 97.0 Å². The second-order valence-corrected chi connectivity index (χ2v) is 12.8. The predicted molar refractivity (Wildman–Crippen MR) is 163 cm³/mol. The summed E-state index contributed by atoms with van der Waals surface area (Å²) < 4.78 is 0. The third-order valence-electron chi connectivity index (χ3n) is 7.87. The Morgan fingerprint density at radius 1 is 1.00 bits per heavy atom. The highest BCUT2D eigenvalue weighted by Crippen LogP contribution is 2.31. The van der Waals surface area contributed by atoms with Crippen molar-refractivity contribution in [3.05, 3.63) is 65.3 Å². The zero-order valence-electron chi connectivity index (χ0n) is 26.0. The summed E-state index contributed by atoms with van der Waals surface area (Å²) in [7, 11) is 3.42. The summed E-state index contributed by atoms with van der Waals surface area (Å²) in [5, 5.41) is 15.6. The average molecular weight is 552 g/mol. The topological polar surface area (TPSA) is 98.7 Å². The summed E-state index contributed by atoms with van der Waals surface area (Å²) in [6.07, 6.45) is 10.3. The summed E-state index contributed by atoms with van der Waals surface area (Å²) in [6, 6.07) is 6.47. The zero-order chi connectivity index (χ0) is 30.4. The van der Waals surface area contributed by atoms with Crippen LogP contribution in [-0.4, -0.2) is 60.0 Å². The molecule has 0 aliphatic heterocycles. The second-order valence-electron chi connectivity index (χ2n) is 12.8. The first-order valence-electron chi connectivity index (χ1n) is 14.2. The maximum absolute atomic E-state index is 13.8. The van der Waals surface area contributed by atoms with Gasteiger partial charge in [0.1, 0.15) is 6.04 Å². The van der Waals surface area contributed by atoms with Crippen LogP contribution in [0.15, 0.2) is 54.1 Å². The van der Waals surface area contributed by atoms with E-state index < -0.39 is 34.9 Å². The van der Waals surface area contributed by atoms with E-state index in [2.05, 4.69) is 53.1 Å². The Morgan fingerprint density at radius 3 is 2.05 bits per heavy atom. The van der Waals surface area contributed by atoms with Crippen LogP contribution in [0, 0.1) is 11.3 Å². The number of allylic oxidation sites excluding steroid dienone is 4. The lowest BCUT2D eigenvalue weighted by Gasteiger charge is -2.40. The Labute approximate surface area is 240 Å². The number of hydrogen-bond acceptors (Lipinski definition) is 4. The van der Waals surface area contributed by atoms with Gasteiger partial charge in [0.2, 0.25) is 11.8 Å². The predicted octanol–water partition coefficient (Wildman–Crippen LogP) is 5.33. The molecule has 1 aliphatic carbocycles. The molecule has 40 heavy (non-hydrogen) atoms. The minimum absolute atomic E-state index is 0.0219. The average Bonchev–Trinajstić information content (AvgIpc) is 2.89. The van der Waals surface area contributed by atoms with Crippen molar-refractivity contribution in [2.45, 2.75) is 91.8 Å². The van der Waals surface area contributed by atoms with Crippen LogP contribution in [0.1, 0.15) is 79.4 Å². The number of carbonyl (C=O) groups is 3. The van der Waals surface area contributed by atoms with Gasteiger partial charge >= 0.3 is 5.97 Å². The molecule has 0 saturated carbocycles. The molecule has 7 nitrogen and oxygen atoms in total. The number of nitrogens with one attached hydrogen (secondary N) is 2. The normalized spacial score (nSPS) is 16.7. The van der Waals surface area contributed by atoms with E-state index in [0.717, 1.165) is 24.0 Å². The fraction of sp³-hybridized carbons (Fsp3) is 0.545. The van der Waals surface area contributed by atoms with Gasteiger partial charge in [0.15, 0.2) is 0 Å². The fourth-order valence-electron chi connectivity index (χ4n) is 5.21. The van der Waals surface area contributed by atoms with E-state index in [1.54, 1.807) is 25.1 Å². The molecule has 0 radical (unpaired) electrons. The van der Waals surface area contributed by atoms with Crippen molar-refractivity contribution in [1.29, 1.82) is 0 Å². The molecule has 0 bridgehead atoms. The molecule has 0 saturated heterocycles. The van der Waals surface area contributed by atoms with Gasteiger partial charge in [-0.2, -0.15) is 0 Å². The molecule has 1 aromatic rings. The molecule has 2 amide bonds. The summed E-state index contributed by atoms with van der Waals surface area (Å²) in [4.78, 5) is 40.7. The van der Waals surface area contributed by atoms with Crippen LogP contribution in [0.2, 0.25) is 0 Å². The molecule has 0 aromatic heterocycles. The van der Waals surface area contributed by atoms with Gasteiger partial charge in [-0.05, 0) is 54.8 Å². The molecule has 0 spiro atoms. The molecule has 1 aliphatic rings. The maximum atomic E-state index is 13.8. The van der Waals surface area contributed by atoms with E-state index in [4.69, 9.17) is 0 Å². The largest absolute Gasteiger partial charge is 0.478 e. The van der Waals surface area contributed by atoms with Crippen molar-refractivity contribution in [1.82, 2.24) is 15.5 Å². The van der Waals surface area contributed by atoms with Crippen molar-refractivity contribution in [2.24, 2.45) is 11.3 Å². The van der Waals surface area contributed by atoms with E-state index in [1.165, 1.54) is 12.5 Å². The van der Waals surface area contributed by atoms with Crippen molar-refractivity contribution in [3.63, 3.8) is 0 Å². The van der Waals surface area contributed by atoms with Crippen LogP contribution in [0.5, 0.6) is 0 Å². The highest BCUT2D eigenvalue weighted by atomic mass is 16.4. The number of carbonyl (C=O) groups excluding carboxylic acids is 2. The van der Waals surface area contributed by atoms with Crippen LogP contribution in [0.3, 0.4) is 0 Å². The van der Waals surface area contributed by atoms with Gasteiger partial charge in [-0.25, -0.2) is 4.79 Å². The summed E-state index contributed by atoms with van der Waals surface area (Å²) in [6.45, 7) is 15.2. The van der Waals surface area contributed by atoms with Crippen LogP contribution in [0.4, 0.5) is 0 Å². The smallest absolute Gasteiger partial charge is 0.331 e. The molecule has 0 unspecified atom stereocenters.